The molecular formula is C16H20N2. The molecule has 2 atom stereocenters. The second-order valence-corrected chi connectivity index (χ2v) is 5.79. The highest BCUT2D eigenvalue weighted by molar-refractivity contribution is 5.15. The quantitative estimate of drug-likeness (QED) is 0.794. The zero-order valence-electron chi connectivity index (χ0n) is 10.8. The van der Waals surface area contributed by atoms with Crippen molar-refractivity contribution in [2.45, 2.75) is 25.8 Å². The largest absolute Gasteiger partial charge is 0.298 e. The van der Waals surface area contributed by atoms with Crippen LogP contribution in [0.15, 0.2) is 30.3 Å². The first kappa shape index (κ1) is 11.7. The van der Waals surface area contributed by atoms with Crippen LogP contribution in [0.3, 0.4) is 0 Å². The fraction of sp³-hybridized carbons (Fsp3) is 0.562. The van der Waals surface area contributed by atoms with Gasteiger partial charge in [-0.2, -0.15) is 5.26 Å². The second-order valence-electron chi connectivity index (χ2n) is 5.79. The summed E-state index contributed by atoms with van der Waals surface area (Å²) in [6.07, 6.45) is 3.83. The molecule has 94 valence electrons. The van der Waals surface area contributed by atoms with Crippen LogP contribution in [0, 0.1) is 29.1 Å². The summed E-state index contributed by atoms with van der Waals surface area (Å²) in [5.41, 5.74) is 1.39. The van der Waals surface area contributed by atoms with Crippen molar-refractivity contribution in [1.29, 1.82) is 5.26 Å². The van der Waals surface area contributed by atoms with Crippen molar-refractivity contribution in [3.8, 4) is 6.07 Å². The van der Waals surface area contributed by atoms with Gasteiger partial charge >= 0.3 is 0 Å². The van der Waals surface area contributed by atoms with Crippen molar-refractivity contribution in [2.24, 2.45) is 17.8 Å². The van der Waals surface area contributed by atoms with Gasteiger partial charge in [0.2, 0.25) is 0 Å². The van der Waals surface area contributed by atoms with Crippen LogP contribution in [-0.4, -0.2) is 18.0 Å². The Kier molecular flexibility index (Phi) is 3.34. The lowest BCUT2D eigenvalue weighted by atomic mass is 9.69. The molecule has 1 aromatic carbocycles. The first-order valence-corrected chi connectivity index (χ1v) is 7.02. The first-order valence-electron chi connectivity index (χ1n) is 7.02. The molecule has 1 aromatic rings. The number of fused-ring (bicyclic) bond motifs is 2. The Labute approximate surface area is 109 Å². The molecule has 2 unspecified atom stereocenters. The standard InChI is InChI=1S/C16H20N2/c17-9-16-14-7-4-8-15(16)12-18(11-14)10-13-5-2-1-3-6-13/h1-3,5-6,14-16H,4,7-8,10-12H2. The third-order valence-electron chi connectivity index (χ3n) is 4.55. The van der Waals surface area contributed by atoms with Crippen LogP contribution < -0.4 is 0 Å². The Morgan fingerprint density at radius 3 is 2.39 bits per heavy atom. The zero-order chi connectivity index (χ0) is 12.4. The van der Waals surface area contributed by atoms with Crippen LogP contribution >= 0.6 is 0 Å². The zero-order valence-corrected chi connectivity index (χ0v) is 10.8. The minimum Gasteiger partial charge on any atom is -0.298 e. The maximum atomic E-state index is 9.30. The number of hydrogen-bond donors (Lipinski definition) is 0. The number of rotatable bonds is 2. The van der Waals surface area contributed by atoms with Crippen molar-refractivity contribution >= 4 is 0 Å². The molecule has 0 aromatic heterocycles. The van der Waals surface area contributed by atoms with E-state index in [0.717, 1.165) is 19.6 Å². The molecule has 1 aliphatic carbocycles. The summed E-state index contributed by atoms with van der Waals surface area (Å²) in [5.74, 6) is 1.56. The fourth-order valence-electron chi connectivity index (χ4n) is 3.72. The van der Waals surface area contributed by atoms with Crippen molar-refractivity contribution in [3.05, 3.63) is 35.9 Å². The molecule has 3 rings (SSSR count). The molecular weight excluding hydrogens is 220 g/mol. The molecule has 1 aliphatic heterocycles. The van der Waals surface area contributed by atoms with E-state index in [0.29, 0.717) is 17.8 Å². The molecule has 18 heavy (non-hydrogen) atoms. The summed E-state index contributed by atoms with van der Waals surface area (Å²) in [6.45, 7) is 3.28. The molecule has 0 amide bonds. The summed E-state index contributed by atoms with van der Waals surface area (Å²) in [7, 11) is 0. The van der Waals surface area contributed by atoms with E-state index in [-0.39, 0.29) is 0 Å². The number of likely N-dealkylation sites (tertiary alicyclic amines) is 1. The Morgan fingerprint density at radius 2 is 1.78 bits per heavy atom. The van der Waals surface area contributed by atoms with E-state index >= 15 is 0 Å². The predicted octanol–water partition coefficient (Wildman–Crippen LogP) is 3.06. The average Bonchev–Trinajstić information content (AvgIpc) is 2.39. The van der Waals surface area contributed by atoms with E-state index in [1.54, 1.807) is 0 Å². The third kappa shape index (κ3) is 2.28. The highest BCUT2D eigenvalue weighted by Crippen LogP contribution is 2.39. The molecule has 1 saturated heterocycles. The molecule has 0 radical (unpaired) electrons. The van der Waals surface area contributed by atoms with Gasteiger partial charge in [0.1, 0.15) is 0 Å². The Morgan fingerprint density at radius 1 is 1.11 bits per heavy atom. The van der Waals surface area contributed by atoms with Crippen LogP contribution in [0.5, 0.6) is 0 Å². The lowest BCUT2D eigenvalue weighted by Gasteiger charge is -2.44. The molecule has 1 saturated carbocycles. The van der Waals surface area contributed by atoms with Crippen molar-refractivity contribution in [2.75, 3.05) is 13.1 Å². The lowest BCUT2D eigenvalue weighted by molar-refractivity contribution is 0.0453. The lowest BCUT2D eigenvalue weighted by Crippen LogP contribution is -2.47. The Hall–Kier alpha value is -1.33. The van der Waals surface area contributed by atoms with Crippen LogP contribution in [0.1, 0.15) is 24.8 Å². The minimum absolute atomic E-state index is 0.325. The number of benzene rings is 1. The maximum Gasteiger partial charge on any atom is 0.0662 e. The van der Waals surface area contributed by atoms with Gasteiger partial charge in [0.05, 0.1) is 12.0 Å². The van der Waals surface area contributed by atoms with Gasteiger partial charge in [-0.1, -0.05) is 36.8 Å². The van der Waals surface area contributed by atoms with Gasteiger partial charge in [-0.25, -0.2) is 0 Å². The topological polar surface area (TPSA) is 27.0 Å². The van der Waals surface area contributed by atoms with E-state index in [9.17, 15) is 5.26 Å². The van der Waals surface area contributed by atoms with Gasteiger partial charge in [-0.3, -0.25) is 4.90 Å². The van der Waals surface area contributed by atoms with Gasteiger partial charge in [-0.05, 0) is 30.2 Å². The highest BCUT2D eigenvalue weighted by atomic mass is 15.1. The second kappa shape index (κ2) is 5.12. The summed E-state index contributed by atoms with van der Waals surface area (Å²) >= 11 is 0. The average molecular weight is 240 g/mol. The number of nitrogens with zero attached hydrogens (tertiary/aromatic N) is 2. The third-order valence-corrected chi connectivity index (χ3v) is 4.55. The highest BCUT2D eigenvalue weighted by Gasteiger charge is 2.39. The molecule has 2 bridgehead atoms. The van der Waals surface area contributed by atoms with Crippen LogP contribution in [0.2, 0.25) is 0 Å². The monoisotopic (exact) mass is 240 g/mol. The van der Waals surface area contributed by atoms with Gasteiger partial charge in [0.25, 0.3) is 0 Å². The van der Waals surface area contributed by atoms with Crippen molar-refractivity contribution < 1.29 is 0 Å². The van der Waals surface area contributed by atoms with Crippen molar-refractivity contribution in [3.63, 3.8) is 0 Å². The number of piperidine rings is 1. The van der Waals surface area contributed by atoms with E-state index in [2.05, 4.69) is 41.3 Å². The minimum atomic E-state index is 0.325. The first-order chi connectivity index (χ1) is 8.86. The number of hydrogen-bond acceptors (Lipinski definition) is 2. The van der Waals surface area contributed by atoms with Crippen molar-refractivity contribution in [1.82, 2.24) is 4.90 Å². The molecule has 2 nitrogen and oxygen atoms in total. The summed E-state index contributed by atoms with van der Waals surface area (Å²) in [5, 5.41) is 9.30. The van der Waals surface area contributed by atoms with Gasteiger partial charge in [-0.15, -0.1) is 0 Å². The summed E-state index contributed by atoms with van der Waals surface area (Å²) in [6, 6.07) is 13.3. The summed E-state index contributed by atoms with van der Waals surface area (Å²) in [4.78, 5) is 2.55. The normalized spacial score (nSPS) is 31.8. The van der Waals surface area contributed by atoms with Gasteiger partial charge in [0, 0.05) is 19.6 Å². The van der Waals surface area contributed by atoms with Crippen LogP contribution in [0.25, 0.3) is 0 Å². The van der Waals surface area contributed by atoms with E-state index in [1.807, 2.05) is 0 Å². The van der Waals surface area contributed by atoms with E-state index < -0.39 is 0 Å². The molecule has 0 spiro atoms. The predicted molar refractivity (Wildman–Crippen MR) is 71.7 cm³/mol. The molecule has 2 fully saturated rings. The smallest absolute Gasteiger partial charge is 0.0662 e. The van der Waals surface area contributed by atoms with E-state index in [1.165, 1.54) is 24.8 Å². The summed E-state index contributed by atoms with van der Waals surface area (Å²) < 4.78 is 0. The molecule has 0 N–H and O–H groups in total. The Bertz CT molecular complexity index is 420. The van der Waals surface area contributed by atoms with Gasteiger partial charge < -0.3 is 0 Å². The Balaban J connectivity index is 1.68. The fourth-order valence-corrected chi connectivity index (χ4v) is 3.72. The van der Waals surface area contributed by atoms with Gasteiger partial charge in [0.15, 0.2) is 0 Å². The van der Waals surface area contributed by atoms with E-state index in [4.69, 9.17) is 0 Å². The SMILES string of the molecule is N#CC1C2CCCC1CN(Cc1ccccc1)C2. The maximum absolute atomic E-state index is 9.30. The molecule has 1 heterocycles. The van der Waals surface area contributed by atoms with Crippen LogP contribution in [0.4, 0.5) is 0 Å². The number of nitriles is 1. The van der Waals surface area contributed by atoms with Crippen LogP contribution in [-0.2, 0) is 6.54 Å². The molecule has 2 aliphatic rings. The molecule has 2 heteroatoms.